The van der Waals surface area contributed by atoms with Gasteiger partial charge < -0.3 is 10.1 Å². The molecule has 1 aliphatic rings. The number of hydrogen-bond donors (Lipinski definition) is 1. The molecule has 6 nitrogen and oxygen atoms in total. The highest BCUT2D eigenvalue weighted by molar-refractivity contribution is 6.33. The Morgan fingerprint density at radius 1 is 1.11 bits per heavy atom. The van der Waals surface area contributed by atoms with E-state index < -0.39 is 11.9 Å². The summed E-state index contributed by atoms with van der Waals surface area (Å²) in [7, 11) is 1.25. The van der Waals surface area contributed by atoms with Crippen LogP contribution in [0.2, 0.25) is 5.02 Å². The number of halogens is 1. The van der Waals surface area contributed by atoms with Crippen molar-refractivity contribution in [3.8, 4) is 0 Å². The smallest absolute Gasteiger partial charge is 0.339 e. The van der Waals surface area contributed by atoms with Gasteiger partial charge in [-0.05, 0) is 35.7 Å². The predicted molar refractivity (Wildman–Crippen MR) is 107 cm³/mol. The van der Waals surface area contributed by atoms with Gasteiger partial charge in [0.05, 0.1) is 23.4 Å². The number of carbonyl (C=O) groups excluding carboxylic acids is 3. The van der Waals surface area contributed by atoms with Crippen molar-refractivity contribution in [3.05, 3.63) is 70.7 Å². The number of esters is 1. The normalized spacial score (nSPS) is 12.4. The van der Waals surface area contributed by atoms with Crippen molar-refractivity contribution < 1.29 is 19.1 Å². The zero-order chi connectivity index (χ0) is 19.8. The van der Waals surface area contributed by atoms with Crippen LogP contribution in [-0.2, 0) is 9.53 Å². The van der Waals surface area contributed by atoms with Crippen LogP contribution in [0, 0.1) is 0 Å². The van der Waals surface area contributed by atoms with Crippen molar-refractivity contribution >= 4 is 51.5 Å². The lowest BCUT2D eigenvalue weighted by Gasteiger charge is -2.17. The van der Waals surface area contributed by atoms with Crippen molar-refractivity contribution in [2.45, 2.75) is 0 Å². The summed E-state index contributed by atoms with van der Waals surface area (Å²) in [5.41, 5.74) is 1.83. The fourth-order valence-corrected chi connectivity index (χ4v) is 3.54. The summed E-state index contributed by atoms with van der Waals surface area (Å²) in [6, 6.07) is 15.6. The molecule has 28 heavy (non-hydrogen) atoms. The quantitative estimate of drug-likeness (QED) is 0.681. The lowest BCUT2D eigenvalue weighted by molar-refractivity contribution is -0.114. The Balaban J connectivity index is 1.57. The van der Waals surface area contributed by atoms with Gasteiger partial charge in [0.2, 0.25) is 5.91 Å². The standard InChI is InChI=1S/C21H15ClN2O4/c1-28-21(27)15-10-13(8-9-16(15)22)23-18(25)11-24-17-7-3-5-12-4-2-6-14(19(12)17)20(24)26/h2-10H,11H2,1H3,(H,23,25). The molecule has 0 saturated heterocycles. The van der Waals surface area contributed by atoms with Crippen molar-refractivity contribution in [2.24, 2.45) is 0 Å². The monoisotopic (exact) mass is 394 g/mol. The highest BCUT2D eigenvalue weighted by atomic mass is 35.5. The minimum atomic E-state index is -0.599. The maximum Gasteiger partial charge on any atom is 0.339 e. The number of anilines is 2. The van der Waals surface area contributed by atoms with Crippen LogP contribution in [0.3, 0.4) is 0 Å². The van der Waals surface area contributed by atoms with Gasteiger partial charge in [0.25, 0.3) is 5.91 Å². The molecule has 4 rings (SSSR count). The molecule has 3 aromatic rings. The SMILES string of the molecule is COC(=O)c1cc(NC(=O)CN2C(=O)c3cccc4cccc2c34)ccc1Cl. The molecular formula is C21H15ClN2O4. The summed E-state index contributed by atoms with van der Waals surface area (Å²) >= 11 is 5.99. The lowest BCUT2D eigenvalue weighted by atomic mass is 10.1. The minimum absolute atomic E-state index is 0.149. The number of hydrogen-bond acceptors (Lipinski definition) is 4. The Morgan fingerprint density at radius 3 is 2.61 bits per heavy atom. The zero-order valence-corrected chi connectivity index (χ0v) is 15.6. The molecule has 140 valence electrons. The average Bonchev–Trinajstić information content (AvgIpc) is 2.97. The van der Waals surface area contributed by atoms with Gasteiger partial charge in [0, 0.05) is 16.6 Å². The number of nitrogens with one attached hydrogen (secondary N) is 1. The molecular weight excluding hydrogens is 380 g/mol. The van der Waals surface area contributed by atoms with Gasteiger partial charge in [-0.2, -0.15) is 0 Å². The molecule has 0 aromatic heterocycles. The van der Waals surface area contributed by atoms with E-state index in [1.165, 1.54) is 24.1 Å². The van der Waals surface area contributed by atoms with E-state index in [4.69, 9.17) is 11.6 Å². The van der Waals surface area contributed by atoms with Gasteiger partial charge in [0.15, 0.2) is 0 Å². The molecule has 0 atom stereocenters. The largest absolute Gasteiger partial charge is 0.465 e. The van der Waals surface area contributed by atoms with E-state index in [-0.39, 0.29) is 23.0 Å². The van der Waals surface area contributed by atoms with Crippen LogP contribution in [0.25, 0.3) is 10.8 Å². The molecule has 3 aromatic carbocycles. The molecule has 1 heterocycles. The lowest BCUT2D eigenvalue weighted by Crippen LogP contribution is -2.35. The summed E-state index contributed by atoms with van der Waals surface area (Å²) < 4.78 is 4.68. The van der Waals surface area contributed by atoms with Crippen LogP contribution in [-0.4, -0.2) is 31.4 Å². The number of benzene rings is 3. The Labute approximate surface area is 165 Å². The predicted octanol–water partition coefficient (Wildman–Crippen LogP) is 3.88. The topological polar surface area (TPSA) is 75.7 Å². The third kappa shape index (κ3) is 2.97. The maximum absolute atomic E-state index is 12.8. The van der Waals surface area contributed by atoms with Crippen LogP contribution >= 0.6 is 11.6 Å². The Morgan fingerprint density at radius 2 is 1.86 bits per heavy atom. The second-order valence-electron chi connectivity index (χ2n) is 6.31. The fraction of sp³-hybridized carbons (Fsp3) is 0.0952. The summed E-state index contributed by atoms with van der Waals surface area (Å²) in [6.07, 6.45) is 0. The second-order valence-corrected chi connectivity index (χ2v) is 6.71. The number of carbonyl (C=O) groups is 3. The molecule has 0 fully saturated rings. The van der Waals surface area contributed by atoms with Crippen LogP contribution in [0.15, 0.2) is 54.6 Å². The molecule has 0 aliphatic carbocycles. The first kappa shape index (κ1) is 18.0. The molecule has 2 amide bonds. The van der Waals surface area contributed by atoms with Gasteiger partial charge in [-0.25, -0.2) is 4.79 Å². The van der Waals surface area contributed by atoms with Crippen LogP contribution < -0.4 is 10.2 Å². The van der Waals surface area contributed by atoms with Crippen molar-refractivity contribution in [2.75, 3.05) is 23.9 Å². The van der Waals surface area contributed by atoms with Crippen molar-refractivity contribution in [1.29, 1.82) is 0 Å². The van der Waals surface area contributed by atoms with Crippen LogP contribution in [0.1, 0.15) is 20.7 Å². The fourth-order valence-electron chi connectivity index (χ4n) is 3.35. The van der Waals surface area contributed by atoms with E-state index in [0.717, 1.165) is 10.8 Å². The number of rotatable bonds is 4. The molecule has 1 aliphatic heterocycles. The Bertz CT molecular complexity index is 1140. The first-order valence-corrected chi connectivity index (χ1v) is 8.88. The summed E-state index contributed by atoms with van der Waals surface area (Å²) in [5.74, 6) is -1.21. The summed E-state index contributed by atoms with van der Waals surface area (Å²) in [4.78, 5) is 38.5. The molecule has 0 radical (unpaired) electrons. The molecule has 0 bridgehead atoms. The Hall–Kier alpha value is -3.38. The molecule has 0 unspecified atom stereocenters. The van der Waals surface area contributed by atoms with E-state index >= 15 is 0 Å². The number of amides is 2. The Kier molecular flexibility index (Phi) is 4.49. The van der Waals surface area contributed by atoms with Crippen molar-refractivity contribution in [1.82, 2.24) is 0 Å². The summed E-state index contributed by atoms with van der Waals surface area (Å²) in [5, 5.41) is 4.72. The van der Waals surface area contributed by atoms with E-state index in [9.17, 15) is 14.4 Å². The van der Waals surface area contributed by atoms with E-state index in [0.29, 0.717) is 16.9 Å². The zero-order valence-electron chi connectivity index (χ0n) is 14.9. The first-order chi connectivity index (χ1) is 13.5. The third-order valence-electron chi connectivity index (χ3n) is 4.61. The van der Waals surface area contributed by atoms with Gasteiger partial charge in [-0.15, -0.1) is 0 Å². The molecule has 1 N–H and O–H groups in total. The van der Waals surface area contributed by atoms with Crippen molar-refractivity contribution in [3.63, 3.8) is 0 Å². The number of nitrogens with zero attached hydrogens (tertiary/aromatic N) is 1. The first-order valence-electron chi connectivity index (χ1n) is 8.51. The highest BCUT2D eigenvalue weighted by Crippen LogP contribution is 2.37. The third-order valence-corrected chi connectivity index (χ3v) is 4.94. The van der Waals surface area contributed by atoms with E-state index in [1.54, 1.807) is 12.1 Å². The maximum atomic E-state index is 12.8. The number of methoxy groups -OCH3 is 1. The summed E-state index contributed by atoms with van der Waals surface area (Å²) in [6.45, 7) is -0.150. The van der Waals surface area contributed by atoms with Gasteiger partial charge in [-0.1, -0.05) is 35.9 Å². The van der Waals surface area contributed by atoms with Gasteiger partial charge >= 0.3 is 5.97 Å². The van der Waals surface area contributed by atoms with E-state index in [1.807, 2.05) is 30.3 Å². The highest BCUT2D eigenvalue weighted by Gasteiger charge is 2.30. The molecule has 0 spiro atoms. The second kappa shape index (κ2) is 6.98. The average molecular weight is 395 g/mol. The van der Waals surface area contributed by atoms with Gasteiger partial charge in [0.1, 0.15) is 6.54 Å². The van der Waals surface area contributed by atoms with Crippen LogP contribution in [0.4, 0.5) is 11.4 Å². The number of ether oxygens (including phenoxy) is 1. The molecule has 0 saturated carbocycles. The van der Waals surface area contributed by atoms with E-state index in [2.05, 4.69) is 10.1 Å². The van der Waals surface area contributed by atoms with Gasteiger partial charge in [-0.3, -0.25) is 14.5 Å². The molecule has 7 heteroatoms. The minimum Gasteiger partial charge on any atom is -0.465 e. The van der Waals surface area contributed by atoms with Crippen LogP contribution in [0.5, 0.6) is 0 Å².